The fraction of sp³-hybridized carbons (Fsp3) is 0.812. The molecule has 1 aromatic rings. The highest BCUT2D eigenvalue weighted by molar-refractivity contribution is 6.31. The number of nitrogens with zero attached hydrogens (tertiary/aromatic N) is 2. The Labute approximate surface area is 128 Å². The molecule has 1 atom stereocenters. The molecule has 0 amide bonds. The molecule has 4 heteroatoms. The summed E-state index contributed by atoms with van der Waals surface area (Å²) >= 11 is 6.48. The lowest BCUT2D eigenvalue weighted by molar-refractivity contribution is 0.138. The van der Waals surface area contributed by atoms with Crippen molar-refractivity contribution < 1.29 is 0 Å². The molecule has 20 heavy (non-hydrogen) atoms. The van der Waals surface area contributed by atoms with Gasteiger partial charge in [-0.1, -0.05) is 44.7 Å². The Morgan fingerprint density at radius 1 is 1.35 bits per heavy atom. The molecule has 0 bridgehead atoms. The molecule has 1 fully saturated rings. The topological polar surface area (TPSA) is 29.9 Å². The third-order valence-corrected chi connectivity index (χ3v) is 4.94. The Hall–Kier alpha value is -0.540. The van der Waals surface area contributed by atoms with E-state index in [1.807, 2.05) is 0 Å². The number of nitrogens with one attached hydrogen (secondary N) is 1. The fourth-order valence-corrected chi connectivity index (χ4v) is 3.80. The summed E-state index contributed by atoms with van der Waals surface area (Å²) in [5.74, 6) is 0. The predicted molar refractivity (Wildman–Crippen MR) is 85.2 cm³/mol. The minimum Gasteiger partial charge on any atom is -0.308 e. The van der Waals surface area contributed by atoms with Gasteiger partial charge in [0, 0.05) is 6.04 Å². The van der Waals surface area contributed by atoms with E-state index < -0.39 is 0 Å². The minimum absolute atomic E-state index is 0.282. The Kier molecular flexibility index (Phi) is 5.14. The third kappa shape index (κ3) is 3.04. The van der Waals surface area contributed by atoms with Crippen LogP contribution in [-0.2, 0) is 0 Å². The zero-order chi connectivity index (χ0) is 14.8. The van der Waals surface area contributed by atoms with Crippen LogP contribution < -0.4 is 5.32 Å². The van der Waals surface area contributed by atoms with Gasteiger partial charge in [-0.2, -0.15) is 5.10 Å². The van der Waals surface area contributed by atoms with Crippen LogP contribution in [-0.4, -0.2) is 16.3 Å². The normalized spacial score (nSPS) is 20.3. The minimum atomic E-state index is 0.282. The summed E-state index contributed by atoms with van der Waals surface area (Å²) in [5.41, 5.74) is 1.46. The van der Waals surface area contributed by atoms with Gasteiger partial charge in [0.25, 0.3) is 0 Å². The smallest absolute Gasteiger partial charge is 0.0834 e. The molecule has 1 aliphatic rings. The van der Waals surface area contributed by atoms with Crippen molar-refractivity contribution >= 4 is 11.6 Å². The largest absolute Gasteiger partial charge is 0.308 e. The molecule has 0 saturated heterocycles. The summed E-state index contributed by atoms with van der Waals surface area (Å²) in [7, 11) is 0. The van der Waals surface area contributed by atoms with E-state index in [2.05, 4.69) is 42.8 Å². The van der Waals surface area contributed by atoms with Crippen LogP contribution in [0.15, 0.2) is 6.20 Å². The summed E-state index contributed by atoms with van der Waals surface area (Å²) in [4.78, 5) is 0. The van der Waals surface area contributed by atoms with Crippen molar-refractivity contribution in [1.82, 2.24) is 15.1 Å². The molecule has 1 aliphatic carbocycles. The molecule has 1 heterocycles. The first kappa shape index (κ1) is 15.8. The summed E-state index contributed by atoms with van der Waals surface area (Å²) in [5, 5.41) is 8.98. The number of hydrogen-bond donors (Lipinski definition) is 1. The highest BCUT2D eigenvalue weighted by atomic mass is 35.5. The Morgan fingerprint density at radius 2 is 2.00 bits per heavy atom. The highest BCUT2D eigenvalue weighted by Crippen LogP contribution is 2.47. The molecule has 0 aliphatic heterocycles. The molecule has 0 radical (unpaired) electrons. The maximum absolute atomic E-state index is 6.48. The van der Waals surface area contributed by atoms with E-state index in [1.165, 1.54) is 37.8 Å². The van der Waals surface area contributed by atoms with Gasteiger partial charge in [0.2, 0.25) is 0 Å². The highest BCUT2D eigenvalue weighted by Gasteiger charge is 2.39. The van der Waals surface area contributed by atoms with Crippen molar-refractivity contribution in [1.29, 1.82) is 0 Å². The van der Waals surface area contributed by atoms with E-state index in [0.717, 1.165) is 11.6 Å². The van der Waals surface area contributed by atoms with Gasteiger partial charge < -0.3 is 5.32 Å². The van der Waals surface area contributed by atoms with E-state index >= 15 is 0 Å². The molecule has 0 aromatic carbocycles. The summed E-state index contributed by atoms with van der Waals surface area (Å²) < 4.78 is 2.09. The van der Waals surface area contributed by atoms with Crippen LogP contribution >= 0.6 is 11.6 Å². The SMILES string of the molecule is CCNC(c1c(Cl)cnn1C(C)C)C1(C)CCCCC1. The van der Waals surface area contributed by atoms with Gasteiger partial charge in [0.15, 0.2) is 0 Å². The fourth-order valence-electron chi connectivity index (χ4n) is 3.56. The van der Waals surface area contributed by atoms with Crippen LogP contribution in [0.1, 0.15) is 77.6 Å². The predicted octanol–water partition coefficient (Wildman–Crippen LogP) is 4.74. The quantitative estimate of drug-likeness (QED) is 0.851. The van der Waals surface area contributed by atoms with Gasteiger partial charge in [-0.05, 0) is 38.6 Å². The van der Waals surface area contributed by atoms with E-state index in [-0.39, 0.29) is 5.41 Å². The Bertz CT molecular complexity index is 433. The molecule has 2 rings (SSSR count). The molecular weight excluding hydrogens is 270 g/mol. The van der Waals surface area contributed by atoms with Crippen LogP contribution in [0, 0.1) is 5.41 Å². The van der Waals surface area contributed by atoms with Crippen molar-refractivity contribution in [3.63, 3.8) is 0 Å². The summed E-state index contributed by atoms with van der Waals surface area (Å²) in [6.07, 6.45) is 8.35. The number of halogens is 1. The molecular formula is C16H28ClN3. The molecule has 3 nitrogen and oxygen atoms in total. The lowest BCUT2D eigenvalue weighted by atomic mass is 9.69. The van der Waals surface area contributed by atoms with Crippen molar-refractivity contribution in [3.8, 4) is 0 Å². The van der Waals surface area contributed by atoms with Gasteiger partial charge in [0.05, 0.1) is 23.0 Å². The zero-order valence-electron chi connectivity index (χ0n) is 13.2. The second-order valence-electron chi connectivity index (χ2n) is 6.62. The van der Waals surface area contributed by atoms with Gasteiger partial charge in [-0.15, -0.1) is 0 Å². The van der Waals surface area contributed by atoms with Crippen LogP contribution in [0.4, 0.5) is 0 Å². The Morgan fingerprint density at radius 3 is 2.55 bits per heavy atom. The molecule has 0 spiro atoms. The maximum Gasteiger partial charge on any atom is 0.0834 e. The summed E-state index contributed by atoms with van der Waals surface area (Å²) in [6.45, 7) is 9.87. The molecule has 1 saturated carbocycles. The van der Waals surface area contributed by atoms with E-state index in [4.69, 9.17) is 11.6 Å². The van der Waals surface area contributed by atoms with Gasteiger partial charge in [-0.25, -0.2) is 0 Å². The average Bonchev–Trinajstić information content (AvgIpc) is 2.78. The first-order chi connectivity index (χ1) is 9.49. The van der Waals surface area contributed by atoms with Crippen LogP contribution in [0.5, 0.6) is 0 Å². The molecule has 1 N–H and O–H groups in total. The number of aromatic nitrogens is 2. The van der Waals surface area contributed by atoms with E-state index in [9.17, 15) is 0 Å². The second kappa shape index (κ2) is 6.48. The van der Waals surface area contributed by atoms with Crippen LogP contribution in [0.2, 0.25) is 5.02 Å². The standard InChI is InChI=1S/C16H28ClN3/c1-5-18-15(16(4)9-7-6-8-10-16)14-13(17)11-19-20(14)12(2)3/h11-12,15,18H,5-10H2,1-4H3. The number of rotatable bonds is 5. The van der Waals surface area contributed by atoms with Crippen molar-refractivity contribution in [2.75, 3.05) is 6.54 Å². The van der Waals surface area contributed by atoms with Gasteiger partial charge in [0.1, 0.15) is 0 Å². The van der Waals surface area contributed by atoms with E-state index in [0.29, 0.717) is 12.1 Å². The number of hydrogen-bond acceptors (Lipinski definition) is 2. The zero-order valence-corrected chi connectivity index (χ0v) is 14.0. The molecule has 1 unspecified atom stereocenters. The van der Waals surface area contributed by atoms with Gasteiger partial charge in [-0.3, -0.25) is 4.68 Å². The Balaban J connectivity index is 2.40. The lowest BCUT2D eigenvalue weighted by Gasteiger charge is -2.41. The van der Waals surface area contributed by atoms with Gasteiger partial charge >= 0.3 is 0 Å². The monoisotopic (exact) mass is 297 g/mol. The molecule has 1 aromatic heterocycles. The van der Waals surface area contributed by atoms with Crippen LogP contribution in [0.25, 0.3) is 0 Å². The van der Waals surface area contributed by atoms with E-state index in [1.54, 1.807) is 6.20 Å². The maximum atomic E-state index is 6.48. The molecule has 114 valence electrons. The lowest BCUT2D eigenvalue weighted by Crippen LogP contribution is -2.39. The first-order valence-electron chi connectivity index (χ1n) is 7.96. The first-order valence-corrected chi connectivity index (χ1v) is 8.33. The third-order valence-electron chi connectivity index (χ3n) is 4.65. The van der Waals surface area contributed by atoms with Crippen LogP contribution in [0.3, 0.4) is 0 Å². The second-order valence-corrected chi connectivity index (χ2v) is 7.03. The van der Waals surface area contributed by atoms with Crippen molar-refractivity contribution in [2.45, 2.75) is 71.9 Å². The van der Waals surface area contributed by atoms with Crippen molar-refractivity contribution in [2.24, 2.45) is 5.41 Å². The average molecular weight is 298 g/mol. The van der Waals surface area contributed by atoms with Crippen molar-refractivity contribution in [3.05, 3.63) is 16.9 Å². The summed E-state index contributed by atoms with van der Waals surface area (Å²) in [6, 6.07) is 0.635.